The Bertz CT molecular complexity index is 651. The van der Waals surface area contributed by atoms with Gasteiger partial charge in [-0.05, 0) is 51.3 Å². The van der Waals surface area contributed by atoms with Crippen molar-refractivity contribution in [1.29, 1.82) is 5.26 Å². The van der Waals surface area contributed by atoms with E-state index in [1.807, 2.05) is 32.9 Å². The maximum Gasteiger partial charge on any atom is 0.431 e. The monoisotopic (exact) mass is 327 g/mol. The van der Waals surface area contributed by atoms with Crippen LogP contribution in [0.3, 0.4) is 0 Å². The topological polar surface area (TPSA) is 65.7 Å². The molecule has 128 valence electrons. The molecule has 0 aromatic heterocycles. The second-order valence-electron chi connectivity index (χ2n) is 7.11. The number of amides is 1. The number of carbonyl (C=O) groups excluding carboxylic acids is 1. The van der Waals surface area contributed by atoms with Crippen LogP contribution in [-0.4, -0.2) is 28.5 Å². The predicted octanol–water partition coefficient (Wildman–Crippen LogP) is 4.27. The molecule has 0 aliphatic carbocycles. The molecule has 1 atom stereocenters. The van der Waals surface area contributed by atoms with E-state index in [1.54, 1.807) is 12.1 Å². The number of ether oxygens (including phenoxy) is 1. The summed E-state index contributed by atoms with van der Waals surface area (Å²) < 4.78 is 5.49. The molecule has 1 amide bonds. The Labute approximate surface area is 143 Å². The number of benzene rings is 1. The van der Waals surface area contributed by atoms with Crippen LogP contribution in [0, 0.1) is 11.3 Å². The first-order chi connectivity index (χ1) is 11.3. The molecule has 0 bridgehead atoms. The molecule has 24 heavy (non-hydrogen) atoms. The van der Waals surface area contributed by atoms with Crippen LogP contribution in [0.1, 0.15) is 58.1 Å². The summed E-state index contributed by atoms with van der Waals surface area (Å²) in [6.45, 7) is 7.67. The molecule has 0 radical (unpaired) electrons. The molecule has 5 nitrogen and oxygen atoms in total. The summed E-state index contributed by atoms with van der Waals surface area (Å²) in [6, 6.07) is 9.56. The van der Waals surface area contributed by atoms with E-state index in [4.69, 9.17) is 10.00 Å². The molecule has 0 saturated carbocycles. The highest BCUT2D eigenvalue weighted by molar-refractivity contribution is 5.88. The number of hydrazone groups is 1. The minimum Gasteiger partial charge on any atom is -0.442 e. The summed E-state index contributed by atoms with van der Waals surface area (Å²) in [7, 11) is 0. The maximum absolute atomic E-state index is 12.5. The summed E-state index contributed by atoms with van der Waals surface area (Å²) in [6.07, 6.45) is 2.97. The third kappa shape index (κ3) is 4.82. The number of nitriles is 1. The Kier molecular flexibility index (Phi) is 5.61. The molecule has 1 aromatic rings. The van der Waals surface area contributed by atoms with E-state index >= 15 is 0 Å². The predicted molar refractivity (Wildman–Crippen MR) is 93.7 cm³/mol. The maximum atomic E-state index is 12.5. The molecule has 1 unspecified atom stereocenters. The third-order valence-corrected chi connectivity index (χ3v) is 3.74. The Hall–Kier alpha value is -2.35. The number of nitrogens with zero attached hydrogens (tertiary/aromatic N) is 3. The largest absolute Gasteiger partial charge is 0.442 e. The van der Waals surface area contributed by atoms with Crippen molar-refractivity contribution < 1.29 is 9.53 Å². The van der Waals surface area contributed by atoms with Crippen LogP contribution in [-0.2, 0) is 11.2 Å². The molecule has 0 N–H and O–H groups in total. The van der Waals surface area contributed by atoms with Gasteiger partial charge in [-0.25, -0.2) is 4.79 Å². The fourth-order valence-electron chi connectivity index (χ4n) is 2.72. The lowest BCUT2D eigenvalue weighted by Crippen LogP contribution is -2.38. The Morgan fingerprint density at radius 1 is 1.38 bits per heavy atom. The highest BCUT2D eigenvalue weighted by atomic mass is 16.6. The van der Waals surface area contributed by atoms with Crippen molar-refractivity contribution in [1.82, 2.24) is 5.01 Å². The Balaban J connectivity index is 2.13. The standard InChI is InChI=1S/C19H25N3O2/c1-5-6-16-12-17(11-14-7-9-15(13-20)10-8-14)22(21-16)18(23)24-19(2,3)4/h7-10,17H,5-6,11-12H2,1-4H3. The van der Waals surface area contributed by atoms with Crippen molar-refractivity contribution in [3.63, 3.8) is 0 Å². The number of hydrogen-bond donors (Lipinski definition) is 0. The van der Waals surface area contributed by atoms with Crippen LogP contribution in [0.25, 0.3) is 0 Å². The van der Waals surface area contributed by atoms with E-state index in [-0.39, 0.29) is 6.04 Å². The number of carbonyl (C=O) groups is 1. The van der Waals surface area contributed by atoms with Gasteiger partial charge < -0.3 is 4.74 Å². The molecule has 0 spiro atoms. The van der Waals surface area contributed by atoms with Crippen molar-refractivity contribution >= 4 is 11.8 Å². The van der Waals surface area contributed by atoms with Gasteiger partial charge in [0.15, 0.2) is 0 Å². The first-order valence-corrected chi connectivity index (χ1v) is 8.40. The van der Waals surface area contributed by atoms with Crippen LogP contribution >= 0.6 is 0 Å². The van der Waals surface area contributed by atoms with Gasteiger partial charge in [0.2, 0.25) is 0 Å². The van der Waals surface area contributed by atoms with Gasteiger partial charge in [0, 0.05) is 12.1 Å². The fourth-order valence-corrected chi connectivity index (χ4v) is 2.72. The van der Waals surface area contributed by atoms with Crippen molar-refractivity contribution in [3.8, 4) is 6.07 Å². The molecule has 0 saturated heterocycles. The van der Waals surface area contributed by atoms with Gasteiger partial charge >= 0.3 is 6.09 Å². The summed E-state index contributed by atoms with van der Waals surface area (Å²) in [5.41, 5.74) is 2.22. The van der Waals surface area contributed by atoms with Gasteiger partial charge in [-0.3, -0.25) is 0 Å². The Morgan fingerprint density at radius 3 is 2.58 bits per heavy atom. The van der Waals surface area contributed by atoms with Crippen molar-refractivity contribution in [2.24, 2.45) is 5.10 Å². The van der Waals surface area contributed by atoms with Crippen molar-refractivity contribution in [2.75, 3.05) is 0 Å². The van der Waals surface area contributed by atoms with E-state index in [0.29, 0.717) is 12.0 Å². The molecule has 1 aromatic carbocycles. The fraction of sp³-hybridized carbons (Fsp3) is 0.526. The minimum atomic E-state index is -0.543. The van der Waals surface area contributed by atoms with Crippen LogP contribution in [0.15, 0.2) is 29.4 Å². The van der Waals surface area contributed by atoms with E-state index < -0.39 is 11.7 Å². The van der Waals surface area contributed by atoms with E-state index in [1.165, 1.54) is 5.01 Å². The van der Waals surface area contributed by atoms with E-state index in [2.05, 4.69) is 18.1 Å². The average Bonchev–Trinajstić information content (AvgIpc) is 2.89. The smallest absolute Gasteiger partial charge is 0.431 e. The first-order valence-electron chi connectivity index (χ1n) is 8.40. The molecule has 1 aliphatic rings. The normalized spacial score (nSPS) is 17.4. The van der Waals surface area contributed by atoms with E-state index in [9.17, 15) is 4.79 Å². The lowest BCUT2D eigenvalue weighted by Gasteiger charge is -2.26. The average molecular weight is 327 g/mol. The molecule has 1 heterocycles. The molecule has 5 heteroatoms. The molecular weight excluding hydrogens is 302 g/mol. The van der Waals surface area contributed by atoms with Crippen molar-refractivity contribution in [3.05, 3.63) is 35.4 Å². The Morgan fingerprint density at radius 2 is 2.04 bits per heavy atom. The first kappa shape index (κ1) is 18.0. The van der Waals surface area contributed by atoms with Gasteiger partial charge in [0.25, 0.3) is 0 Å². The zero-order chi connectivity index (χ0) is 17.7. The highest BCUT2D eigenvalue weighted by Crippen LogP contribution is 2.24. The van der Waals surface area contributed by atoms with Gasteiger partial charge in [-0.2, -0.15) is 15.4 Å². The van der Waals surface area contributed by atoms with Gasteiger partial charge in [-0.15, -0.1) is 0 Å². The SMILES string of the molecule is CCCC1=NN(C(=O)OC(C)(C)C)C(Cc2ccc(C#N)cc2)C1. The van der Waals surface area contributed by atoms with Gasteiger partial charge in [0.1, 0.15) is 5.60 Å². The van der Waals surface area contributed by atoms with Crippen LogP contribution in [0.5, 0.6) is 0 Å². The lowest BCUT2D eigenvalue weighted by molar-refractivity contribution is 0.0198. The third-order valence-electron chi connectivity index (χ3n) is 3.74. The van der Waals surface area contributed by atoms with Crippen LogP contribution in [0.2, 0.25) is 0 Å². The number of hydrogen-bond acceptors (Lipinski definition) is 4. The quantitative estimate of drug-likeness (QED) is 0.829. The van der Waals surface area contributed by atoms with Gasteiger partial charge in [0.05, 0.1) is 17.7 Å². The molecule has 0 fully saturated rings. The zero-order valence-corrected chi connectivity index (χ0v) is 14.9. The zero-order valence-electron chi connectivity index (χ0n) is 14.9. The number of rotatable bonds is 4. The summed E-state index contributed by atoms with van der Waals surface area (Å²) in [5, 5.41) is 14.9. The van der Waals surface area contributed by atoms with Crippen LogP contribution in [0.4, 0.5) is 4.79 Å². The van der Waals surface area contributed by atoms with Crippen molar-refractivity contribution in [2.45, 2.75) is 65.0 Å². The lowest BCUT2D eigenvalue weighted by atomic mass is 9.99. The van der Waals surface area contributed by atoms with E-state index in [0.717, 1.165) is 30.5 Å². The van der Waals surface area contributed by atoms with Crippen LogP contribution < -0.4 is 0 Å². The molecule has 1 aliphatic heterocycles. The second-order valence-corrected chi connectivity index (χ2v) is 7.11. The summed E-state index contributed by atoms with van der Waals surface area (Å²) >= 11 is 0. The second kappa shape index (κ2) is 7.48. The van der Waals surface area contributed by atoms with Gasteiger partial charge in [-0.1, -0.05) is 25.5 Å². The molecule has 2 rings (SSSR count). The molecular formula is C19H25N3O2. The highest BCUT2D eigenvalue weighted by Gasteiger charge is 2.33. The minimum absolute atomic E-state index is 0.0330. The summed E-state index contributed by atoms with van der Waals surface area (Å²) in [5.74, 6) is 0. The summed E-state index contributed by atoms with van der Waals surface area (Å²) in [4.78, 5) is 12.5.